The zero-order valence-electron chi connectivity index (χ0n) is 10.2. The van der Waals surface area contributed by atoms with Gasteiger partial charge in [-0.15, -0.1) is 0 Å². The maximum Gasteiger partial charge on any atom is 0.235 e. The molecule has 0 spiro atoms. The highest BCUT2D eigenvalue weighted by molar-refractivity contribution is 9.09. The SMILES string of the molecule is Cc1ccc(C(C)(C)C)c(NC(=O)CBr)c1. The monoisotopic (exact) mass is 283 g/mol. The van der Waals surface area contributed by atoms with Gasteiger partial charge in [0.15, 0.2) is 0 Å². The first-order valence-electron chi connectivity index (χ1n) is 5.31. The molecule has 2 nitrogen and oxygen atoms in total. The van der Waals surface area contributed by atoms with E-state index >= 15 is 0 Å². The number of halogens is 1. The van der Waals surface area contributed by atoms with Gasteiger partial charge in [0.2, 0.25) is 5.91 Å². The summed E-state index contributed by atoms with van der Waals surface area (Å²) in [6.45, 7) is 8.45. The number of hydrogen-bond donors (Lipinski definition) is 1. The van der Waals surface area contributed by atoms with Crippen molar-refractivity contribution in [1.29, 1.82) is 0 Å². The molecule has 3 heteroatoms. The van der Waals surface area contributed by atoms with Gasteiger partial charge in [0.25, 0.3) is 0 Å². The van der Waals surface area contributed by atoms with Crippen LogP contribution in [0.5, 0.6) is 0 Å². The Morgan fingerprint density at radius 1 is 1.38 bits per heavy atom. The normalized spacial score (nSPS) is 11.3. The Bertz CT molecular complexity index is 393. The summed E-state index contributed by atoms with van der Waals surface area (Å²) in [5, 5.41) is 3.25. The van der Waals surface area contributed by atoms with Gasteiger partial charge in [-0.3, -0.25) is 4.79 Å². The molecule has 0 heterocycles. The van der Waals surface area contributed by atoms with Crippen molar-refractivity contribution < 1.29 is 4.79 Å². The van der Waals surface area contributed by atoms with Crippen LogP contribution in [0.3, 0.4) is 0 Å². The molecule has 0 saturated heterocycles. The number of hydrogen-bond acceptors (Lipinski definition) is 1. The molecule has 0 aliphatic rings. The standard InChI is InChI=1S/C13H18BrNO/c1-9-5-6-10(13(2,3)4)11(7-9)15-12(16)8-14/h5-7H,8H2,1-4H3,(H,15,16). The lowest BCUT2D eigenvalue weighted by molar-refractivity contribution is -0.113. The second kappa shape index (κ2) is 5.00. The molecule has 0 unspecified atom stereocenters. The summed E-state index contributed by atoms with van der Waals surface area (Å²) in [6.07, 6.45) is 0. The van der Waals surface area contributed by atoms with Crippen molar-refractivity contribution in [1.82, 2.24) is 0 Å². The fourth-order valence-corrected chi connectivity index (χ4v) is 1.74. The number of amides is 1. The smallest absolute Gasteiger partial charge is 0.235 e. The first-order chi connectivity index (χ1) is 7.34. The highest BCUT2D eigenvalue weighted by Crippen LogP contribution is 2.30. The molecule has 1 N–H and O–H groups in total. The van der Waals surface area contributed by atoms with Crippen molar-refractivity contribution in [3.63, 3.8) is 0 Å². The summed E-state index contributed by atoms with van der Waals surface area (Å²) < 4.78 is 0. The fourth-order valence-electron chi connectivity index (χ4n) is 1.60. The highest BCUT2D eigenvalue weighted by Gasteiger charge is 2.18. The Kier molecular flexibility index (Phi) is 4.14. The van der Waals surface area contributed by atoms with E-state index in [1.165, 1.54) is 0 Å². The third-order valence-corrected chi connectivity index (χ3v) is 2.89. The third-order valence-electron chi connectivity index (χ3n) is 2.38. The van der Waals surface area contributed by atoms with E-state index < -0.39 is 0 Å². The van der Waals surface area contributed by atoms with Crippen LogP contribution in [0.2, 0.25) is 0 Å². The molecular formula is C13H18BrNO. The molecule has 0 bridgehead atoms. The van der Waals surface area contributed by atoms with E-state index in [1.807, 2.05) is 13.0 Å². The van der Waals surface area contributed by atoms with E-state index in [9.17, 15) is 4.79 Å². The molecule has 0 aliphatic heterocycles. The predicted octanol–water partition coefficient (Wildman–Crippen LogP) is 3.63. The Morgan fingerprint density at radius 2 is 2.00 bits per heavy atom. The minimum atomic E-state index is -0.0175. The van der Waals surface area contributed by atoms with Gasteiger partial charge in [-0.25, -0.2) is 0 Å². The van der Waals surface area contributed by atoms with Gasteiger partial charge in [-0.05, 0) is 29.5 Å². The Labute approximate surface area is 106 Å². The second-order valence-electron chi connectivity index (χ2n) is 4.98. The van der Waals surface area contributed by atoms with Crippen LogP contribution in [0.4, 0.5) is 5.69 Å². The number of aryl methyl sites for hydroxylation is 1. The number of alkyl halides is 1. The van der Waals surface area contributed by atoms with Crippen LogP contribution < -0.4 is 5.32 Å². The molecular weight excluding hydrogens is 266 g/mol. The summed E-state index contributed by atoms with van der Waals surface area (Å²) in [4.78, 5) is 11.4. The van der Waals surface area contributed by atoms with Gasteiger partial charge in [-0.2, -0.15) is 0 Å². The highest BCUT2D eigenvalue weighted by atomic mass is 79.9. The molecule has 1 rings (SSSR count). The van der Waals surface area contributed by atoms with Gasteiger partial charge in [-0.1, -0.05) is 48.8 Å². The molecule has 1 aromatic rings. The fraction of sp³-hybridized carbons (Fsp3) is 0.462. The van der Waals surface area contributed by atoms with Crippen LogP contribution >= 0.6 is 15.9 Å². The van der Waals surface area contributed by atoms with Gasteiger partial charge in [0.05, 0.1) is 5.33 Å². The zero-order chi connectivity index (χ0) is 12.3. The quantitative estimate of drug-likeness (QED) is 0.826. The molecule has 1 aromatic carbocycles. The predicted molar refractivity (Wildman–Crippen MR) is 72.3 cm³/mol. The van der Waals surface area contributed by atoms with Crippen molar-refractivity contribution in [3.8, 4) is 0 Å². The first-order valence-corrected chi connectivity index (χ1v) is 6.43. The largest absolute Gasteiger partial charge is 0.325 e. The van der Waals surface area contributed by atoms with E-state index in [4.69, 9.17) is 0 Å². The number of nitrogens with one attached hydrogen (secondary N) is 1. The molecule has 0 saturated carbocycles. The molecule has 0 radical (unpaired) electrons. The molecule has 1 amide bonds. The van der Waals surface area contributed by atoms with E-state index in [0.717, 1.165) is 16.8 Å². The van der Waals surface area contributed by atoms with Crippen LogP contribution in [-0.2, 0) is 10.2 Å². The first kappa shape index (κ1) is 13.2. The summed E-state index contributed by atoms with van der Waals surface area (Å²) >= 11 is 3.15. The summed E-state index contributed by atoms with van der Waals surface area (Å²) in [6, 6.07) is 6.17. The van der Waals surface area contributed by atoms with Crippen molar-refractivity contribution >= 4 is 27.5 Å². The third kappa shape index (κ3) is 3.34. The average Bonchev–Trinajstić information content (AvgIpc) is 2.15. The van der Waals surface area contributed by atoms with Gasteiger partial charge >= 0.3 is 0 Å². The van der Waals surface area contributed by atoms with Crippen LogP contribution in [0.15, 0.2) is 18.2 Å². The second-order valence-corrected chi connectivity index (χ2v) is 5.54. The van der Waals surface area contributed by atoms with Crippen molar-refractivity contribution in [3.05, 3.63) is 29.3 Å². The topological polar surface area (TPSA) is 29.1 Å². The summed E-state index contributed by atoms with van der Waals surface area (Å²) in [5.41, 5.74) is 3.25. The van der Waals surface area contributed by atoms with E-state index in [2.05, 4.69) is 54.2 Å². The van der Waals surface area contributed by atoms with E-state index in [-0.39, 0.29) is 11.3 Å². The summed E-state index contributed by atoms with van der Waals surface area (Å²) in [5.74, 6) is -0.0175. The minimum absolute atomic E-state index is 0.0175. The minimum Gasteiger partial charge on any atom is -0.325 e. The van der Waals surface area contributed by atoms with Crippen LogP contribution in [-0.4, -0.2) is 11.2 Å². The van der Waals surface area contributed by atoms with Crippen LogP contribution in [0.25, 0.3) is 0 Å². The van der Waals surface area contributed by atoms with E-state index in [0.29, 0.717) is 5.33 Å². The number of rotatable bonds is 2. The molecule has 0 aromatic heterocycles. The molecule has 16 heavy (non-hydrogen) atoms. The summed E-state index contributed by atoms with van der Waals surface area (Å²) in [7, 11) is 0. The maximum absolute atomic E-state index is 11.4. The lowest BCUT2D eigenvalue weighted by Crippen LogP contribution is -2.19. The number of carbonyl (C=O) groups excluding carboxylic acids is 1. The van der Waals surface area contributed by atoms with E-state index in [1.54, 1.807) is 0 Å². The number of carbonyl (C=O) groups is 1. The maximum atomic E-state index is 11.4. The molecule has 0 atom stereocenters. The Balaban J connectivity index is 3.13. The van der Waals surface area contributed by atoms with Gasteiger partial charge < -0.3 is 5.32 Å². The van der Waals surface area contributed by atoms with Crippen LogP contribution in [0, 0.1) is 6.92 Å². The molecule has 0 aliphatic carbocycles. The zero-order valence-corrected chi connectivity index (χ0v) is 11.8. The number of benzene rings is 1. The Morgan fingerprint density at radius 3 is 2.50 bits per heavy atom. The lowest BCUT2D eigenvalue weighted by Gasteiger charge is -2.23. The molecule has 0 fully saturated rings. The van der Waals surface area contributed by atoms with Crippen LogP contribution in [0.1, 0.15) is 31.9 Å². The van der Waals surface area contributed by atoms with Gasteiger partial charge in [0, 0.05) is 5.69 Å². The van der Waals surface area contributed by atoms with Crippen molar-refractivity contribution in [2.45, 2.75) is 33.1 Å². The number of anilines is 1. The van der Waals surface area contributed by atoms with Gasteiger partial charge in [0.1, 0.15) is 0 Å². The van der Waals surface area contributed by atoms with Crippen molar-refractivity contribution in [2.24, 2.45) is 0 Å². The Hall–Kier alpha value is -0.830. The lowest BCUT2D eigenvalue weighted by atomic mass is 9.85. The van der Waals surface area contributed by atoms with Crippen molar-refractivity contribution in [2.75, 3.05) is 10.6 Å². The molecule has 88 valence electrons. The average molecular weight is 284 g/mol.